The monoisotopic (exact) mass is 446 g/mol. The van der Waals surface area contributed by atoms with Gasteiger partial charge in [-0.25, -0.2) is 4.39 Å². The van der Waals surface area contributed by atoms with E-state index in [2.05, 4.69) is 12.2 Å². The second-order valence-electron chi connectivity index (χ2n) is 8.03. The molecule has 2 atom stereocenters. The van der Waals surface area contributed by atoms with Gasteiger partial charge in [0.25, 0.3) is 5.91 Å². The number of thioether (sulfide) groups is 1. The Labute approximate surface area is 185 Å². The second-order valence-corrected chi connectivity index (χ2v) is 9.45. The second kappa shape index (κ2) is 8.98. The van der Waals surface area contributed by atoms with Crippen molar-refractivity contribution in [2.24, 2.45) is 5.92 Å². The Morgan fingerprint density at radius 2 is 2.03 bits per heavy atom. The number of amides is 2. The highest BCUT2D eigenvalue weighted by Gasteiger charge is 2.28. The van der Waals surface area contributed by atoms with Crippen LogP contribution in [0.3, 0.4) is 0 Å². The van der Waals surface area contributed by atoms with Gasteiger partial charge in [0.1, 0.15) is 5.82 Å². The smallest absolute Gasteiger partial charge is 0.251 e. The highest BCUT2D eigenvalue weighted by molar-refractivity contribution is 8.00. The maximum Gasteiger partial charge on any atom is 0.251 e. The van der Waals surface area contributed by atoms with Crippen molar-refractivity contribution < 1.29 is 14.0 Å². The predicted octanol–water partition coefficient (Wildman–Crippen LogP) is 5.43. The number of nitrogens with zero attached hydrogens (tertiary/aromatic N) is 1. The molecule has 2 aromatic rings. The number of hydrogen-bond donors (Lipinski definition) is 1. The molecule has 1 fully saturated rings. The first kappa shape index (κ1) is 21.2. The van der Waals surface area contributed by atoms with Crippen molar-refractivity contribution in [2.75, 3.05) is 10.7 Å². The maximum absolute atomic E-state index is 13.4. The number of benzene rings is 2. The van der Waals surface area contributed by atoms with Gasteiger partial charge in [-0.15, -0.1) is 11.8 Å². The molecule has 2 aliphatic rings. The lowest BCUT2D eigenvalue weighted by Gasteiger charge is -2.31. The van der Waals surface area contributed by atoms with Crippen LogP contribution in [0.25, 0.3) is 0 Å². The fourth-order valence-electron chi connectivity index (χ4n) is 4.12. The molecule has 0 unspecified atom stereocenters. The zero-order chi connectivity index (χ0) is 21.3. The Bertz CT molecular complexity index is 984. The normalized spacial score (nSPS) is 21.3. The third kappa shape index (κ3) is 4.49. The summed E-state index contributed by atoms with van der Waals surface area (Å²) in [5.41, 5.74) is 1.90. The van der Waals surface area contributed by atoms with Crippen LogP contribution in [0.1, 0.15) is 48.5 Å². The van der Waals surface area contributed by atoms with Gasteiger partial charge in [0, 0.05) is 21.5 Å². The Morgan fingerprint density at radius 1 is 1.23 bits per heavy atom. The molecule has 0 spiro atoms. The SMILES string of the molecule is C[C@H]1CCCC[C@@H]1NC(=O)c1ccc2c(c1)N(Cc1ccc(F)cc1Cl)C(=O)CS2. The fraction of sp³-hybridized carbons (Fsp3) is 0.391. The van der Waals surface area contributed by atoms with E-state index in [-0.39, 0.29) is 29.4 Å². The summed E-state index contributed by atoms with van der Waals surface area (Å²) in [6.07, 6.45) is 4.48. The average molecular weight is 447 g/mol. The van der Waals surface area contributed by atoms with Crippen molar-refractivity contribution in [3.05, 3.63) is 58.4 Å². The Kier molecular flexibility index (Phi) is 6.34. The number of carbonyl (C=O) groups excluding carboxylic acids is 2. The van der Waals surface area contributed by atoms with E-state index < -0.39 is 5.82 Å². The van der Waals surface area contributed by atoms with E-state index in [1.54, 1.807) is 17.0 Å². The van der Waals surface area contributed by atoms with Gasteiger partial charge in [0.2, 0.25) is 5.91 Å². The molecular formula is C23H24ClFN2O2S. The summed E-state index contributed by atoms with van der Waals surface area (Å²) in [7, 11) is 0. The number of fused-ring (bicyclic) bond motifs is 1. The summed E-state index contributed by atoms with van der Waals surface area (Å²) in [5.74, 6) is 0.192. The van der Waals surface area contributed by atoms with Crippen LogP contribution in [0.5, 0.6) is 0 Å². The predicted molar refractivity (Wildman–Crippen MR) is 119 cm³/mol. The largest absolute Gasteiger partial charge is 0.349 e. The van der Waals surface area contributed by atoms with Gasteiger partial charge in [0.15, 0.2) is 0 Å². The number of halogens is 2. The lowest BCUT2D eigenvalue weighted by atomic mass is 9.86. The Balaban J connectivity index is 1.58. The van der Waals surface area contributed by atoms with Crippen LogP contribution >= 0.6 is 23.4 Å². The van der Waals surface area contributed by atoms with Crippen LogP contribution < -0.4 is 10.2 Å². The van der Waals surface area contributed by atoms with E-state index in [0.29, 0.717) is 28.5 Å². The minimum Gasteiger partial charge on any atom is -0.349 e. The molecule has 7 heteroatoms. The van der Waals surface area contributed by atoms with E-state index in [1.807, 2.05) is 12.1 Å². The first-order chi connectivity index (χ1) is 14.4. The minimum absolute atomic E-state index is 0.0636. The minimum atomic E-state index is -0.416. The first-order valence-electron chi connectivity index (χ1n) is 10.2. The molecule has 158 valence electrons. The summed E-state index contributed by atoms with van der Waals surface area (Å²) in [6, 6.07) is 9.84. The molecule has 4 nitrogen and oxygen atoms in total. The molecule has 2 amide bonds. The molecule has 30 heavy (non-hydrogen) atoms. The van der Waals surface area contributed by atoms with Crippen molar-refractivity contribution in [3.63, 3.8) is 0 Å². The average Bonchev–Trinajstić information content (AvgIpc) is 2.73. The quantitative estimate of drug-likeness (QED) is 0.681. The fourth-order valence-corrected chi connectivity index (χ4v) is 5.26. The lowest BCUT2D eigenvalue weighted by molar-refractivity contribution is -0.116. The lowest BCUT2D eigenvalue weighted by Crippen LogP contribution is -2.41. The number of rotatable bonds is 4. The van der Waals surface area contributed by atoms with Crippen molar-refractivity contribution in [2.45, 2.75) is 50.1 Å². The molecule has 0 radical (unpaired) electrons. The van der Waals surface area contributed by atoms with Gasteiger partial charge in [-0.3, -0.25) is 9.59 Å². The molecule has 2 aromatic carbocycles. The van der Waals surface area contributed by atoms with Gasteiger partial charge in [0.05, 0.1) is 18.0 Å². The molecule has 1 aliphatic heterocycles. The van der Waals surface area contributed by atoms with Gasteiger partial charge in [-0.1, -0.05) is 37.4 Å². The summed E-state index contributed by atoms with van der Waals surface area (Å²) >= 11 is 7.64. The van der Waals surface area contributed by atoms with Crippen LogP contribution in [0.2, 0.25) is 5.02 Å². The summed E-state index contributed by atoms with van der Waals surface area (Å²) in [5, 5.41) is 3.45. The van der Waals surface area contributed by atoms with Gasteiger partial charge >= 0.3 is 0 Å². The Hall–Kier alpha value is -2.05. The van der Waals surface area contributed by atoms with Crippen molar-refractivity contribution >= 4 is 40.9 Å². The van der Waals surface area contributed by atoms with Gasteiger partial charge in [-0.2, -0.15) is 0 Å². The zero-order valence-corrected chi connectivity index (χ0v) is 18.4. The molecular weight excluding hydrogens is 423 g/mol. The molecule has 1 saturated carbocycles. The van der Waals surface area contributed by atoms with Crippen molar-refractivity contribution in [1.29, 1.82) is 0 Å². The highest BCUT2D eigenvalue weighted by Crippen LogP contribution is 2.37. The van der Waals surface area contributed by atoms with Crippen LogP contribution in [-0.4, -0.2) is 23.6 Å². The van der Waals surface area contributed by atoms with Crippen molar-refractivity contribution in [1.82, 2.24) is 5.32 Å². The van der Waals surface area contributed by atoms with E-state index in [0.717, 1.165) is 24.2 Å². The summed E-state index contributed by atoms with van der Waals surface area (Å²) < 4.78 is 13.4. The maximum atomic E-state index is 13.4. The van der Waals surface area contributed by atoms with E-state index in [9.17, 15) is 14.0 Å². The van der Waals surface area contributed by atoms with Crippen LogP contribution in [0.4, 0.5) is 10.1 Å². The topological polar surface area (TPSA) is 49.4 Å². The third-order valence-electron chi connectivity index (χ3n) is 5.94. The number of nitrogens with one attached hydrogen (secondary N) is 1. The highest BCUT2D eigenvalue weighted by atomic mass is 35.5. The van der Waals surface area contributed by atoms with Crippen LogP contribution in [0.15, 0.2) is 41.3 Å². The standard InChI is InChI=1S/C23H24ClFN2O2S/c1-14-4-2-3-5-19(14)26-23(29)15-7-9-21-20(10-15)27(22(28)13-30-21)12-16-6-8-17(25)11-18(16)24/h6-11,14,19H,2-5,12-13H2,1H3,(H,26,29)/t14-,19-/m0/s1. The number of hydrogen-bond acceptors (Lipinski definition) is 3. The summed E-state index contributed by atoms with van der Waals surface area (Å²) in [4.78, 5) is 28.1. The van der Waals surface area contributed by atoms with Crippen LogP contribution in [0, 0.1) is 11.7 Å². The van der Waals surface area contributed by atoms with E-state index in [4.69, 9.17) is 11.6 Å². The summed E-state index contributed by atoms with van der Waals surface area (Å²) in [6.45, 7) is 2.41. The zero-order valence-electron chi connectivity index (χ0n) is 16.8. The van der Waals surface area contributed by atoms with Crippen LogP contribution in [-0.2, 0) is 11.3 Å². The van der Waals surface area contributed by atoms with E-state index in [1.165, 1.54) is 30.3 Å². The van der Waals surface area contributed by atoms with Gasteiger partial charge < -0.3 is 10.2 Å². The van der Waals surface area contributed by atoms with Crippen molar-refractivity contribution in [3.8, 4) is 0 Å². The number of anilines is 1. The molecule has 0 aromatic heterocycles. The third-order valence-corrected chi connectivity index (χ3v) is 7.34. The molecule has 0 saturated heterocycles. The molecule has 1 heterocycles. The number of carbonyl (C=O) groups is 2. The first-order valence-corrected chi connectivity index (χ1v) is 11.6. The molecule has 4 rings (SSSR count). The Morgan fingerprint density at radius 3 is 2.80 bits per heavy atom. The molecule has 1 aliphatic carbocycles. The molecule has 0 bridgehead atoms. The van der Waals surface area contributed by atoms with E-state index >= 15 is 0 Å². The molecule has 1 N–H and O–H groups in total. The van der Waals surface area contributed by atoms with Gasteiger partial charge in [-0.05, 0) is 54.7 Å².